The molecule has 0 fully saturated rings. The van der Waals surface area contributed by atoms with Crippen LogP contribution in [0.4, 0.5) is 0 Å². The van der Waals surface area contributed by atoms with E-state index in [9.17, 15) is 0 Å². The van der Waals surface area contributed by atoms with E-state index >= 15 is 0 Å². The van der Waals surface area contributed by atoms with Gasteiger partial charge in [-0.2, -0.15) is 5.10 Å². The summed E-state index contributed by atoms with van der Waals surface area (Å²) in [4.78, 5) is 0. The highest BCUT2D eigenvalue weighted by Gasteiger charge is 2.05. The SMILES string of the molecule is CC.Cc1[nH]nc2c(Cl)cc(Br)cc12. The van der Waals surface area contributed by atoms with E-state index in [2.05, 4.69) is 26.1 Å². The average Bonchev–Trinajstić information content (AvgIpc) is 2.52. The van der Waals surface area contributed by atoms with Crippen LogP contribution in [0.3, 0.4) is 0 Å². The Morgan fingerprint density at radius 3 is 2.64 bits per heavy atom. The minimum atomic E-state index is 0.670. The molecule has 1 aromatic heterocycles. The molecule has 0 saturated carbocycles. The molecule has 0 bridgehead atoms. The van der Waals surface area contributed by atoms with Gasteiger partial charge in [0.1, 0.15) is 5.52 Å². The predicted molar refractivity (Wildman–Crippen MR) is 64.9 cm³/mol. The Morgan fingerprint density at radius 2 is 2.00 bits per heavy atom. The molecule has 0 aliphatic rings. The van der Waals surface area contributed by atoms with Gasteiger partial charge in [0.15, 0.2) is 0 Å². The number of fused-ring (bicyclic) bond motifs is 1. The Hall–Kier alpha value is -0.540. The molecule has 2 nitrogen and oxygen atoms in total. The summed E-state index contributed by atoms with van der Waals surface area (Å²) in [6.07, 6.45) is 0. The summed E-state index contributed by atoms with van der Waals surface area (Å²) in [5.74, 6) is 0. The molecule has 0 saturated heterocycles. The van der Waals surface area contributed by atoms with Crippen LogP contribution >= 0.6 is 27.5 Å². The zero-order valence-corrected chi connectivity index (χ0v) is 10.7. The van der Waals surface area contributed by atoms with Crippen molar-refractivity contribution in [3.63, 3.8) is 0 Å². The van der Waals surface area contributed by atoms with Crippen molar-refractivity contribution in [2.45, 2.75) is 20.8 Å². The van der Waals surface area contributed by atoms with Gasteiger partial charge in [0, 0.05) is 15.6 Å². The van der Waals surface area contributed by atoms with E-state index in [1.54, 1.807) is 0 Å². The number of nitrogens with one attached hydrogen (secondary N) is 1. The van der Waals surface area contributed by atoms with Crippen molar-refractivity contribution >= 4 is 38.4 Å². The minimum Gasteiger partial charge on any atom is -0.282 e. The van der Waals surface area contributed by atoms with Crippen LogP contribution in [-0.2, 0) is 0 Å². The molecular weight excluding hydrogens is 263 g/mol. The maximum absolute atomic E-state index is 5.96. The Kier molecular flexibility index (Phi) is 3.96. The first kappa shape index (κ1) is 11.5. The summed E-state index contributed by atoms with van der Waals surface area (Å²) in [5.41, 5.74) is 1.87. The number of hydrogen-bond acceptors (Lipinski definition) is 1. The molecule has 1 N–H and O–H groups in total. The van der Waals surface area contributed by atoms with Crippen LogP contribution in [0.15, 0.2) is 16.6 Å². The molecule has 1 aromatic carbocycles. The summed E-state index contributed by atoms with van der Waals surface area (Å²) in [5, 5.41) is 8.70. The van der Waals surface area contributed by atoms with Gasteiger partial charge >= 0.3 is 0 Å². The molecule has 0 aliphatic carbocycles. The lowest BCUT2D eigenvalue weighted by molar-refractivity contribution is 1.07. The van der Waals surface area contributed by atoms with Crippen LogP contribution in [0.1, 0.15) is 19.5 Å². The van der Waals surface area contributed by atoms with Gasteiger partial charge in [-0.15, -0.1) is 0 Å². The maximum atomic E-state index is 5.96. The highest BCUT2D eigenvalue weighted by Crippen LogP contribution is 2.27. The van der Waals surface area contributed by atoms with E-state index < -0.39 is 0 Å². The van der Waals surface area contributed by atoms with Gasteiger partial charge in [-0.05, 0) is 19.1 Å². The number of benzene rings is 1. The average molecular weight is 276 g/mol. The van der Waals surface area contributed by atoms with Crippen LogP contribution in [-0.4, -0.2) is 10.2 Å². The normalized spacial score (nSPS) is 9.79. The van der Waals surface area contributed by atoms with E-state index in [1.807, 2.05) is 32.9 Å². The van der Waals surface area contributed by atoms with Gasteiger partial charge in [0.2, 0.25) is 0 Å². The summed E-state index contributed by atoms with van der Waals surface area (Å²) in [7, 11) is 0. The van der Waals surface area contributed by atoms with E-state index in [4.69, 9.17) is 11.6 Å². The lowest BCUT2D eigenvalue weighted by Crippen LogP contribution is -1.72. The highest BCUT2D eigenvalue weighted by molar-refractivity contribution is 9.10. The fraction of sp³-hybridized carbons (Fsp3) is 0.300. The van der Waals surface area contributed by atoms with Crippen LogP contribution in [0, 0.1) is 6.92 Å². The monoisotopic (exact) mass is 274 g/mol. The molecule has 0 unspecified atom stereocenters. The molecule has 2 aromatic rings. The van der Waals surface area contributed by atoms with E-state index in [0.717, 1.165) is 21.1 Å². The Balaban J connectivity index is 0.000000461. The van der Waals surface area contributed by atoms with Crippen LogP contribution in [0.2, 0.25) is 5.02 Å². The number of rotatable bonds is 0. The zero-order valence-electron chi connectivity index (χ0n) is 8.36. The zero-order chi connectivity index (χ0) is 10.7. The fourth-order valence-electron chi connectivity index (χ4n) is 1.17. The quantitative estimate of drug-likeness (QED) is 0.762. The third kappa shape index (κ3) is 2.10. The first-order valence-electron chi connectivity index (χ1n) is 4.48. The molecule has 0 amide bonds. The topological polar surface area (TPSA) is 28.7 Å². The van der Waals surface area contributed by atoms with Gasteiger partial charge in [-0.25, -0.2) is 0 Å². The molecule has 1 heterocycles. The lowest BCUT2D eigenvalue weighted by atomic mass is 10.2. The molecule has 2 rings (SSSR count). The second kappa shape index (κ2) is 4.80. The van der Waals surface area contributed by atoms with Gasteiger partial charge < -0.3 is 0 Å². The first-order chi connectivity index (χ1) is 6.68. The highest BCUT2D eigenvalue weighted by atomic mass is 79.9. The van der Waals surface area contributed by atoms with E-state index in [-0.39, 0.29) is 0 Å². The third-order valence-electron chi connectivity index (χ3n) is 1.77. The van der Waals surface area contributed by atoms with E-state index in [0.29, 0.717) is 5.02 Å². The fourth-order valence-corrected chi connectivity index (χ4v) is 2.02. The van der Waals surface area contributed by atoms with Crippen molar-refractivity contribution < 1.29 is 0 Å². The molecule has 0 spiro atoms. The number of halogens is 2. The second-order valence-corrected chi connectivity index (χ2v) is 3.96. The molecular formula is C10H12BrClN2. The standard InChI is InChI=1S/C8H6BrClN2.C2H6/c1-4-6-2-5(9)3-7(10)8(6)12-11-4;1-2/h2-3H,1H3,(H,11,12);1-2H3. The minimum absolute atomic E-state index is 0.670. The van der Waals surface area contributed by atoms with E-state index in [1.165, 1.54) is 0 Å². The maximum Gasteiger partial charge on any atom is 0.111 e. The molecule has 0 atom stereocenters. The third-order valence-corrected chi connectivity index (χ3v) is 2.51. The van der Waals surface area contributed by atoms with Gasteiger partial charge in [-0.3, -0.25) is 5.10 Å². The number of nitrogens with zero attached hydrogens (tertiary/aromatic N) is 1. The number of H-pyrrole nitrogens is 1. The van der Waals surface area contributed by atoms with Crippen LogP contribution in [0.5, 0.6) is 0 Å². The Morgan fingerprint density at radius 1 is 1.36 bits per heavy atom. The van der Waals surface area contributed by atoms with Crippen molar-refractivity contribution in [2.24, 2.45) is 0 Å². The Labute approximate surface area is 96.8 Å². The van der Waals surface area contributed by atoms with Crippen molar-refractivity contribution in [2.75, 3.05) is 0 Å². The summed E-state index contributed by atoms with van der Waals surface area (Å²) >= 11 is 9.34. The second-order valence-electron chi connectivity index (χ2n) is 2.63. The van der Waals surface area contributed by atoms with Crippen molar-refractivity contribution in [3.8, 4) is 0 Å². The lowest BCUT2D eigenvalue weighted by Gasteiger charge is -1.94. The number of aromatic amines is 1. The number of hydrogen-bond donors (Lipinski definition) is 1. The summed E-state index contributed by atoms with van der Waals surface area (Å²) in [6.45, 7) is 5.97. The summed E-state index contributed by atoms with van der Waals surface area (Å²) < 4.78 is 0.976. The predicted octanol–water partition coefficient (Wildman–Crippen LogP) is 4.31. The van der Waals surface area contributed by atoms with Crippen molar-refractivity contribution in [1.82, 2.24) is 10.2 Å². The Bertz CT molecular complexity index is 437. The first-order valence-corrected chi connectivity index (χ1v) is 5.65. The molecule has 76 valence electrons. The number of aromatic nitrogens is 2. The van der Waals surface area contributed by atoms with Crippen molar-refractivity contribution in [1.29, 1.82) is 0 Å². The molecule has 0 radical (unpaired) electrons. The van der Waals surface area contributed by atoms with Crippen molar-refractivity contribution in [3.05, 3.63) is 27.3 Å². The summed E-state index contributed by atoms with van der Waals surface area (Å²) in [6, 6.07) is 3.84. The van der Waals surface area contributed by atoms with Gasteiger partial charge in [-0.1, -0.05) is 41.4 Å². The molecule has 14 heavy (non-hydrogen) atoms. The van der Waals surface area contributed by atoms with Gasteiger partial charge in [0.25, 0.3) is 0 Å². The molecule has 0 aliphatic heterocycles. The molecule has 4 heteroatoms. The smallest absolute Gasteiger partial charge is 0.111 e. The largest absolute Gasteiger partial charge is 0.282 e. The number of aryl methyl sites for hydroxylation is 1. The van der Waals surface area contributed by atoms with Crippen LogP contribution in [0.25, 0.3) is 10.9 Å². The van der Waals surface area contributed by atoms with Gasteiger partial charge in [0.05, 0.1) is 5.02 Å². The van der Waals surface area contributed by atoms with Crippen LogP contribution < -0.4 is 0 Å².